The summed E-state index contributed by atoms with van der Waals surface area (Å²) in [5, 5.41) is 3.17. The SMILES string of the molecule is O=NC1c2cc(F)ccc2CCc2ncccc21. The molecule has 3 rings (SSSR count). The third-order valence-corrected chi connectivity index (χ3v) is 3.36. The van der Waals surface area contributed by atoms with Gasteiger partial charge in [0.15, 0.2) is 0 Å². The Labute approximate surface area is 104 Å². The Morgan fingerprint density at radius 2 is 2.11 bits per heavy atom. The largest absolute Gasteiger partial charge is 0.261 e. The molecule has 4 heteroatoms. The lowest BCUT2D eigenvalue weighted by molar-refractivity contribution is 0.622. The second-order valence-electron chi connectivity index (χ2n) is 4.39. The zero-order valence-electron chi connectivity index (χ0n) is 9.64. The number of halogens is 1. The van der Waals surface area contributed by atoms with Crippen molar-refractivity contribution in [2.24, 2.45) is 5.18 Å². The van der Waals surface area contributed by atoms with Crippen molar-refractivity contribution >= 4 is 0 Å². The van der Waals surface area contributed by atoms with Crippen LogP contribution in [0.2, 0.25) is 0 Å². The molecule has 0 saturated carbocycles. The second-order valence-corrected chi connectivity index (χ2v) is 4.39. The summed E-state index contributed by atoms with van der Waals surface area (Å²) in [4.78, 5) is 15.4. The number of aryl methyl sites for hydroxylation is 2. The van der Waals surface area contributed by atoms with E-state index in [0.29, 0.717) is 5.56 Å². The molecule has 0 fully saturated rings. The van der Waals surface area contributed by atoms with Crippen molar-refractivity contribution in [1.82, 2.24) is 4.98 Å². The summed E-state index contributed by atoms with van der Waals surface area (Å²) in [7, 11) is 0. The first-order valence-corrected chi connectivity index (χ1v) is 5.84. The van der Waals surface area contributed by atoms with E-state index in [9.17, 15) is 9.30 Å². The minimum atomic E-state index is -0.651. The number of pyridine rings is 1. The van der Waals surface area contributed by atoms with Crippen molar-refractivity contribution in [3.63, 3.8) is 0 Å². The lowest BCUT2D eigenvalue weighted by atomic mass is 9.97. The number of nitroso groups, excluding NO2 is 1. The van der Waals surface area contributed by atoms with Crippen LogP contribution in [0.15, 0.2) is 41.7 Å². The van der Waals surface area contributed by atoms with Gasteiger partial charge < -0.3 is 0 Å². The number of aromatic nitrogens is 1. The van der Waals surface area contributed by atoms with E-state index in [1.54, 1.807) is 18.3 Å². The van der Waals surface area contributed by atoms with Gasteiger partial charge in [-0.2, -0.15) is 0 Å². The van der Waals surface area contributed by atoms with Crippen LogP contribution in [0, 0.1) is 10.7 Å². The van der Waals surface area contributed by atoms with Gasteiger partial charge in [-0.05, 0) is 42.2 Å². The first-order chi connectivity index (χ1) is 8.79. The van der Waals surface area contributed by atoms with Crippen LogP contribution in [-0.4, -0.2) is 4.98 Å². The molecule has 3 nitrogen and oxygen atoms in total. The number of hydrogen-bond acceptors (Lipinski definition) is 3. The van der Waals surface area contributed by atoms with E-state index in [-0.39, 0.29) is 5.82 Å². The molecule has 1 heterocycles. The number of nitrogens with zero attached hydrogens (tertiary/aromatic N) is 2. The van der Waals surface area contributed by atoms with E-state index in [1.165, 1.54) is 12.1 Å². The second kappa shape index (κ2) is 4.29. The third kappa shape index (κ3) is 1.70. The molecule has 18 heavy (non-hydrogen) atoms. The summed E-state index contributed by atoms with van der Waals surface area (Å²) in [6.45, 7) is 0. The van der Waals surface area contributed by atoms with Crippen molar-refractivity contribution in [3.05, 3.63) is 69.6 Å². The molecule has 0 saturated heterocycles. The summed E-state index contributed by atoms with van der Waals surface area (Å²) in [6, 6.07) is 7.53. The number of rotatable bonds is 1. The van der Waals surface area contributed by atoms with Gasteiger partial charge in [0, 0.05) is 17.5 Å². The van der Waals surface area contributed by atoms with Crippen molar-refractivity contribution < 1.29 is 4.39 Å². The number of fused-ring (bicyclic) bond motifs is 2. The fourth-order valence-electron chi connectivity index (χ4n) is 2.49. The quantitative estimate of drug-likeness (QED) is 0.721. The van der Waals surface area contributed by atoms with Crippen LogP contribution in [0.5, 0.6) is 0 Å². The van der Waals surface area contributed by atoms with Crippen molar-refractivity contribution in [2.75, 3.05) is 0 Å². The lowest BCUT2D eigenvalue weighted by Crippen LogP contribution is -2.02. The minimum Gasteiger partial charge on any atom is -0.261 e. The zero-order chi connectivity index (χ0) is 12.5. The molecule has 90 valence electrons. The van der Waals surface area contributed by atoms with Crippen LogP contribution in [-0.2, 0) is 12.8 Å². The average molecular weight is 242 g/mol. The average Bonchev–Trinajstić information content (AvgIpc) is 2.54. The highest BCUT2D eigenvalue weighted by molar-refractivity contribution is 5.42. The van der Waals surface area contributed by atoms with Crippen LogP contribution in [0.25, 0.3) is 0 Å². The molecule has 0 amide bonds. The molecule has 1 aromatic carbocycles. The Bertz CT molecular complexity index is 612. The van der Waals surface area contributed by atoms with E-state index in [4.69, 9.17) is 0 Å². The monoisotopic (exact) mass is 242 g/mol. The van der Waals surface area contributed by atoms with Gasteiger partial charge in [-0.25, -0.2) is 4.39 Å². The molecular weight excluding hydrogens is 231 g/mol. The van der Waals surface area contributed by atoms with Crippen molar-refractivity contribution in [2.45, 2.75) is 18.9 Å². The van der Waals surface area contributed by atoms with Gasteiger partial charge in [0.05, 0.1) is 0 Å². The standard InChI is InChI=1S/C14H11FN2O/c15-10-5-3-9-4-6-13-11(2-1-7-16-13)14(17-18)12(9)8-10/h1-3,5,7-8,14H,4,6H2. The normalized spacial score (nSPS) is 17.5. The van der Waals surface area contributed by atoms with Gasteiger partial charge >= 0.3 is 0 Å². The van der Waals surface area contributed by atoms with E-state index in [1.807, 2.05) is 6.07 Å². The molecule has 1 aromatic heterocycles. The van der Waals surface area contributed by atoms with E-state index in [2.05, 4.69) is 10.2 Å². The van der Waals surface area contributed by atoms with Gasteiger partial charge in [-0.1, -0.05) is 17.3 Å². The van der Waals surface area contributed by atoms with Crippen molar-refractivity contribution in [1.29, 1.82) is 0 Å². The highest BCUT2D eigenvalue weighted by Gasteiger charge is 2.25. The topological polar surface area (TPSA) is 42.3 Å². The molecule has 1 aliphatic carbocycles. The van der Waals surface area contributed by atoms with Gasteiger partial charge in [-0.15, -0.1) is 4.91 Å². The lowest BCUT2D eigenvalue weighted by Gasteiger charge is -2.12. The first kappa shape index (κ1) is 11.0. The number of benzene rings is 1. The zero-order valence-corrected chi connectivity index (χ0v) is 9.64. The molecule has 2 aromatic rings. The first-order valence-electron chi connectivity index (χ1n) is 5.84. The Morgan fingerprint density at radius 3 is 2.94 bits per heavy atom. The Morgan fingerprint density at radius 1 is 1.22 bits per heavy atom. The molecule has 1 unspecified atom stereocenters. The molecule has 0 spiro atoms. The smallest absolute Gasteiger partial charge is 0.144 e. The maximum atomic E-state index is 13.4. The Hall–Kier alpha value is -2.10. The van der Waals surface area contributed by atoms with Crippen LogP contribution < -0.4 is 0 Å². The van der Waals surface area contributed by atoms with Crippen LogP contribution in [0.1, 0.15) is 28.4 Å². The predicted octanol–water partition coefficient (Wildman–Crippen LogP) is 3.18. The Kier molecular flexibility index (Phi) is 2.63. The third-order valence-electron chi connectivity index (χ3n) is 3.36. The van der Waals surface area contributed by atoms with E-state index in [0.717, 1.165) is 29.7 Å². The molecule has 1 aliphatic rings. The highest BCUT2D eigenvalue weighted by atomic mass is 19.1. The molecule has 0 N–H and O–H groups in total. The van der Waals surface area contributed by atoms with Crippen LogP contribution in [0.3, 0.4) is 0 Å². The molecular formula is C14H11FN2O. The Balaban J connectivity index is 2.23. The predicted molar refractivity (Wildman–Crippen MR) is 65.7 cm³/mol. The van der Waals surface area contributed by atoms with Gasteiger partial charge in [0.2, 0.25) is 0 Å². The van der Waals surface area contributed by atoms with E-state index < -0.39 is 6.04 Å². The molecule has 0 radical (unpaired) electrons. The summed E-state index contributed by atoms with van der Waals surface area (Å²) in [5.74, 6) is -0.338. The van der Waals surface area contributed by atoms with Gasteiger partial charge in [-0.3, -0.25) is 4.98 Å². The summed E-state index contributed by atoms with van der Waals surface area (Å²) < 4.78 is 13.4. The molecule has 1 atom stereocenters. The van der Waals surface area contributed by atoms with Crippen molar-refractivity contribution in [3.8, 4) is 0 Å². The maximum Gasteiger partial charge on any atom is 0.144 e. The van der Waals surface area contributed by atoms with Crippen LogP contribution in [0.4, 0.5) is 4.39 Å². The molecule has 0 aliphatic heterocycles. The highest BCUT2D eigenvalue weighted by Crippen LogP contribution is 2.34. The van der Waals surface area contributed by atoms with Gasteiger partial charge in [0.1, 0.15) is 11.9 Å². The van der Waals surface area contributed by atoms with Crippen LogP contribution >= 0.6 is 0 Å². The summed E-state index contributed by atoms with van der Waals surface area (Å²) in [5.41, 5.74) is 3.30. The summed E-state index contributed by atoms with van der Waals surface area (Å²) >= 11 is 0. The fourth-order valence-corrected chi connectivity index (χ4v) is 2.49. The molecule has 0 bridgehead atoms. The summed E-state index contributed by atoms with van der Waals surface area (Å²) in [6.07, 6.45) is 3.21. The van der Waals surface area contributed by atoms with Gasteiger partial charge in [0.25, 0.3) is 0 Å². The maximum absolute atomic E-state index is 13.4. The van der Waals surface area contributed by atoms with E-state index >= 15 is 0 Å². The number of hydrogen-bond donors (Lipinski definition) is 0. The minimum absolute atomic E-state index is 0.338. The fraction of sp³-hybridized carbons (Fsp3) is 0.214.